The third kappa shape index (κ3) is 0.967. The van der Waals surface area contributed by atoms with Gasteiger partial charge in [0.05, 0.1) is 5.69 Å². The third-order valence-electron chi connectivity index (χ3n) is 2.12. The fraction of sp³-hybridized carbons (Fsp3) is 0.300. The number of benzene rings is 1. The Morgan fingerprint density at radius 1 is 1.27 bits per heavy atom. The minimum atomic E-state index is 1.02. The van der Waals surface area contributed by atoms with Gasteiger partial charge in [0.25, 0.3) is 0 Å². The van der Waals surface area contributed by atoms with E-state index in [1.54, 1.807) is 0 Å². The van der Waals surface area contributed by atoms with Crippen molar-refractivity contribution in [3.63, 3.8) is 0 Å². The van der Waals surface area contributed by atoms with Gasteiger partial charge in [-0.1, -0.05) is 6.07 Å². The minimum Gasteiger partial charge on any atom is -0.261 e. The Kier molecular flexibility index (Phi) is 1.31. The number of aryl methyl sites for hydroxylation is 2. The molecule has 0 atom stereocenters. The van der Waals surface area contributed by atoms with Crippen molar-refractivity contribution in [3.8, 4) is 0 Å². The SMILES string of the molecule is Cc1cc(C)c2c(c1)N=CC2. The first-order chi connectivity index (χ1) is 5.27. The molecule has 0 spiro atoms. The van der Waals surface area contributed by atoms with Crippen LogP contribution in [0.2, 0.25) is 0 Å². The number of fused-ring (bicyclic) bond motifs is 1. The zero-order valence-corrected chi connectivity index (χ0v) is 6.89. The monoisotopic (exact) mass is 145 g/mol. The molecule has 0 N–H and O–H groups in total. The van der Waals surface area contributed by atoms with Gasteiger partial charge in [-0.05, 0) is 36.6 Å². The average molecular weight is 145 g/mol. The molecule has 0 unspecified atom stereocenters. The van der Waals surface area contributed by atoms with E-state index in [1.165, 1.54) is 22.4 Å². The quantitative estimate of drug-likeness (QED) is 0.532. The van der Waals surface area contributed by atoms with E-state index < -0.39 is 0 Å². The van der Waals surface area contributed by atoms with Crippen molar-refractivity contribution in [3.05, 3.63) is 28.8 Å². The van der Waals surface area contributed by atoms with Gasteiger partial charge in [-0.2, -0.15) is 0 Å². The molecule has 0 fully saturated rings. The molecule has 0 saturated heterocycles. The largest absolute Gasteiger partial charge is 0.261 e. The van der Waals surface area contributed by atoms with Crippen LogP contribution in [0.15, 0.2) is 17.1 Å². The maximum atomic E-state index is 4.30. The van der Waals surface area contributed by atoms with Crippen molar-refractivity contribution in [2.75, 3.05) is 0 Å². The molecule has 1 aromatic carbocycles. The summed E-state index contributed by atoms with van der Waals surface area (Å²) in [6.45, 7) is 4.27. The Morgan fingerprint density at radius 3 is 2.91 bits per heavy atom. The molecule has 0 radical (unpaired) electrons. The van der Waals surface area contributed by atoms with Gasteiger partial charge in [-0.25, -0.2) is 0 Å². The van der Waals surface area contributed by atoms with Gasteiger partial charge in [0.15, 0.2) is 0 Å². The van der Waals surface area contributed by atoms with Crippen LogP contribution in [0.5, 0.6) is 0 Å². The first-order valence-electron chi connectivity index (χ1n) is 3.90. The fourth-order valence-corrected chi connectivity index (χ4v) is 1.59. The van der Waals surface area contributed by atoms with Crippen molar-refractivity contribution in [2.24, 2.45) is 4.99 Å². The van der Waals surface area contributed by atoms with Gasteiger partial charge >= 0.3 is 0 Å². The standard InChI is InChI=1S/C10H11N/c1-7-5-8(2)9-3-4-11-10(9)6-7/h4-6H,3H2,1-2H3. The summed E-state index contributed by atoms with van der Waals surface area (Å²) in [6.07, 6.45) is 3.00. The second-order valence-electron chi connectivity index (χ2n) is 3.10. The van der Waals surface area contributed by atoms with Gasteiger partial charge in [0, 0.05) is 12.6 Å². The molecule has 11 heavy (non-hydrogen) atoms. The van der Waals surface area contributed by atoms with E-state index in [0.717, 1.165) is 6.42 Å². The molecule has 1 heterocycles. The smallest absolute Gasteiger partial charge is 0.0666 e. The lowest BCUT2D eigenvalue weighted by Crippen LogP contribution is -1.86. The van der Waals surface area contributed by atoms with Crippen LogP contribution in [-0.4, -0.2) is 6.21 Å². The van der Waals surface area contributed by atoms with E-state index >= 15 is 0 Å². The zero-order chi connectivity index (χ0) is 7.84. The Bertz CT molecular complexity index is 324. The first kappa shape index (κ1) is 6.59. The number of nitrogens with zero attached hydrogens (tertiary/aromatic N) is 1. The fourth-order valence-electron chi connectivity index (χ4n) is 1.59. The third-order valence-corrected chi connectivity index (χ3v) is 2.12. The molecule has 1 aliphatic heterocycles. The van der Waals surface area contributed by atoms with Crippen LogP contribution in [0.1, 0.15) is 16.7 Å². The van der Waals surface area contributed by atoms with Crippen LogP contribution >= 0.6 is 0 Å². The molecule has 0 saturated carbocycles. The maximum Gasteiger partial charge on any atom is 0.0666 e. The van der Waals surface area contributed by atoms with Crippen LogP contribution < -0.4 is 0 Å². The molecular formula is C10H11N. The lowest BCUT2D eigenvalue weighted by molar-refractivity contribution is 1.28. The van der Waals surface area contributed by atoms with Crippen LogP contribution in [0.25, 0.3) is 0 Å². The number of hydrogen-bond acceptors (Lipinski definition) is 1. The van der Waals surface area contributed by atoms with Crippen LogP contribution in [-0.2, 0) is 6.42 Å². The molecular weight excluding hydrogens is 134 g/mol. The summed E-state index contributed by atoms with van der Waals surface area (Å²) in [6, 6.07) is 4.36. The van der Waals surface area contributed by atoms with Gasteiger partial charge < -0.3 is 0 Å². The van der Waals surface area contributed by atoms with Crippen molar-refractivity contribution in [2.45, 2.75) is 20.3 Å². The Hall–Kier alpha value is -1.11. The average Bonchev–Trinajstić information content (AvgIpc) is 2.34. The van der Waals surface area contributed by atoms with Crippen molar-refractivity contribution >= 4 is 11.9 Å². The van der Waals surface area contributed by atoms with E-state index in [-0.39, 0.29) is 0 Å². The summed E-state index contributed by atoms with van der Waals surface area (Å²) in [5, 5.41) is 0. The Balaban J connectivity index is 2.66. The van der Waals surface area contributed by atoms with E-state index in [1.807, 2.05) is 6.21 Å². The number of hydrogen-bond donors (Lipinski definition) is 0. The highest BCUT2D eigenvalue weighted by Crippen LogP contribution is 2.28. The molecule has 1 heteroatoms. The maximum absolute atomic E-state index is 4.30. The van der Waals surface area contributed by atoms with Crippen molar-refractivity contribution < 1.29 is 0 Å². The van der Waals surface area contributed by atoms with Crippen LogP contribution in [0.4, 0.5) is 5.69 Å². The topological polar surface area (TPSA) is 12.4 Å². The molecule has 0 amide bonds. The van der Waals surface area contributed by atoms with Gasteiger partial charge in [-0.15, -0.1) is 0 Å². The highest BCUT2D eigenvalue weighted by molar-refractivity contribution is 5.77. The predicted octanol–water partition coefficient (Wildman–Crippen LogP) is 2.56. The van der Waals surface area contributed by atoms with E-state index in [2.05, 4.69) is 31.0 Å². The summed E-state index contributed by atoms with van der Waals surface area (Å²) in [7, 11) is 0. The summed E-state index contributed by atoms with van der Waals surface area (Å²) in [5.74, 6) is 0. The molecule has 1 nitrogen and oxygen atoms in total. The predicted molar refractivity (Wildman–Crippen MR) is 47.8 cm³/mol. The molecule has 56 valence electrons. The van der Waals surface area contributed by atoms with Gasteiger partial charge in [0.1, 0.15) is 0 Å². The lowest BCUT2D eigenvalue weighted by Gasteiger charge is -2.03. The second kappa shape index (κ2) is 2.19. The Morgan fingerprint density at radius 2 is 2.09 bits per heavy atom. The van der Waals surface area contributed by atoms with Crippen molar-refractivity contribution in [1.82, 2.24) is 0 Å². The number of rotatable bonds is 0. The first-order valence-corrected chi connectivity index (χ1v) is 3.90. The Labute approximate surface area is 66.8 Å². The molecule has 0 aromatic heterocycles. The van der Waals surface area contributed by atoms with Crippen LogP contribution in [0.3, 0.4) is 0 Å². The normalized spacial score (nSPS) is 13.6. The minimum absolute atomic E-state index is 1.02. The molecule has 0 bridgehead atoms. The zero-order valence-electron chi connectivity index (χ0n) is 6.89. The molecule has 2 rings (SSSR count). The molecule has 1 aliphatic rings. The van der Waals surface area contributed by atoms with E-state index in [9.17, 15) is 0 Å². The van der Waals surface area contributed by atoms with Gasteiger partial charge in [0.2, 0.25) is 0 Å². The lowest BCUT2D eigenvalue weighted by atomic mass is 10.0. The molecule has 1 aromatic rings. The highest BCUT2D eigenvalue weighted by Gasteiger charge is 2.08. The summed E-state index contributed by atoms with van der Waals surface area (Å²) < 4.78 is 0. The van der Waals surface area contributed by atoms with Crippen LogP contribution in [0, 0.1) is 13.8 Å². The molecule has 0 aliphatic carbocycles. The van der Waals surface area contributed by atoms with E-state index in [4.69, 9.17) is 0 Å². The highest BCUT2D eigenvalue weighted by atomic mass is 14.7. The summed E-state index contributed by atoms with van der Waals surface area (Å²) in [5.41, 5.74) is 5.25. The second-order valence-corrected chi connectivity index (χ2v) is 3.10. The van der Waals surface area contributed by atoms with Crippen molar-refractivity contribution in [1.29, 1.82) is 0 Å². The summed E-state index contributed by atoms with van der Waals surface area (Å²) >= 11 is 0. The van der Waals surface area contributed by atoms with E-state index in [0.29, 0.717) is 0 Å². The van der Waals surface area contributed by atoms with Gasteiger partial charge in [-0.3, -0.25) is 4.99 Å². The summed E-state index contributed by atoms with van der Waals surface area (Å²) in [4.78, 5) is 4.30. The number of aliphatic imine (C=N–C) groups is 1.